The Balaban J connectivity index is 1.91. The van der Waals surface area contributed by atoms with Crippen LogP contribution < -0.4 is 0 Å². The predicted octanol–water partition coefficient (Wildman–Crippen LogP) is 3.07. The molecule has 0 heterocycles. The molecule has 20 heavy (non-hydrogen) atoms. The van der Waals surface area contributed by atoms with E-state index in [9.17, 15) is 4.21 Å². The third-order valence-electron chi connectivity index (χ3n) is 3.58. The number of benzene rings is 1. The molecule has 0 spiro atoms. The van der Waals surface area contributed by atoms with Gasteiger partial charge < -0.3 is 9.47 Å². The largest absolute Gasteiger partial charge is 0.353 e. The zero-order chi connectivity index (χ0) is 14.4. The Morgan fingerprint density at radius 2 is 1.85 bits per heavy atom. The topological polar surface area (TPSA) is 35.5 Å². The second kappa shape index (κ2) is 7.91. The van der Waals surface area contributed by atoms with Crippen molar-refractivity contribution in [2.45, 2.75) is 50.7 Å². The zero-order valence-electron chi connectivity index (χ0n) is 12.4. The van der Waals surface area contributed by atoms with E-state index in [2.05, 4.69) is 12.1 Å². The van der Waals surface area contributed by atoms with Crippen LogP contribution in [0.3, 0.4) is 0 Å². The number of hydrogen-bond acceptors (Lipinski definition) is 3. The van der Waals surface area contributed by atoms with Crippen LogP contribution >= 0.6 is 0 Å². The summed E-state index contributed by atoms with van der Waals surface area (Å²) in [5.74, 6) is 0.587. The third-order valence-corrected chi connectivity index (χ3v) is 4.96. The second-order valence-electron chi connectivity index (χ2n) is 4.96. The minimum Gasteiger partial charge on any atom is -0.353 e. The number of aryl methyl sites for hydroxylation is 2. The molecule has 1 aromatic rings. The smallest absolute Gasteiger partial charge is 0.158 e. The van der Waals surface area contributed by atoms with Crippen LogP contribution in [-0.2, 0) is 33.1 Å². The standard InChI is InChI=1S/C16H24O3S/c1-3-18-16(19-4-2)10-11-20(17)15-9-8-13-6-5-7-14(13)12-15/h8-9,12,16H,3-7,10-11H2,1-2H3. The van der Waals surface area contributed by atoms with Crippen LogP contribution in [0, 0.1) is 0 Å². The van der Waals surface area contributed by atoms with Gasteiger partial charge in [-0.1, -0.05) is 6.07 Å². The van der Waals surface area contributed by atoms with Crippen molar-refractivity contribution in [3.63, 3.8) is 0 Å². The minimum atomic E-state index is -0.964. The molecular formula is C16H24O3S. The van der Waals surface area contributed by atoms with Crippen molar-refractivity contribution in [3.8, 4) is 0 Å². The number of fused-ring (bicyclic) bond motifs is 1. The molecule has 112 valence electrons. The highest BCUT2D eigenvalue weighted by Gasteiger charge is 2.15. The van der Waals surface area contributed by atoms with E-state index in [-0.39, 0.29) is 6.29 Å². The highest BCUT2D eigenvalue weighted by atomic mass is 32.2. The Hall–Kier alpha value is -0.710. The van der Waals surface area contributed by atoms with Gasteiger partial charge in [-0.25, -0.2) is 0 Å². The highest BCUT2D eigenvalue weighted by Crippen LogP contribution is 2.24. The lowest BCUT2D eigenvalue weighted by Gasteiger charge is -2.16. The van der Waals surface area contributed by atoms with Gasteiger partial charge in [-0.05, 0) is 56.4 Å². The third kappa shape index (κ3) is 4.14. The molecule has 0 aromatic heterocycles. The molecule has 3 nitrogen and oxygen atoms in total. The fourth-order valence-electron chi connectivity index (χ4n) is 2.60. The van der Waals surface area contributed by atoms with Crippen molar-refractivity contribution >= 4 is 10.8 Å². The maximum absolute atomic E-state index is 12.4. The van der Waals surface area contributed by atoms with E-state index in [1.165, 1.54) is 24.0 Å². The van der Waals surface area contributed by atoms with Gasteiger partial charge in [-0.15, -0.1) is 0 Å². The molecule has 2 rings (SSSR count). The van der Waals surface area contributed by atoms with E-state index in [1.54, 1.807) is 0 Å². The van der Waals surface area contributed by atoms with Crippen molar-refractivity contribution in [1.29, 1.82) is 0 Å². The summed E-state index contributed by atoms with van der Waals surface area (Å²) in [6.45, 7) is 5.14. The first-order valence-corrected chi connectivity index (χ1v) is 8.79. The van der Waals surface area contributed by atoms with Crippen LogP contribution in [0.1, 0.15) is 37.8 Å². The number of ether oxygens (including phenoxy) is 2. The van der Waals surface area contributed by atoms with E-state index in [4.69, 9.17) is 9.47 Å². The number of rotatable bonds is 8. The van der Waals surface area contributed by atoms with Gasteiger partial charge in [0.25, 0.3) is 0 Å². The maximum Gasteiger partial charge on any atom is 0.158 e. The maximum atomic E-state index is 12.4. The lowest BCUT2D eigenvalue weighted by Crippen LogP contribution is -2.20. The highest BCUT2D eigenvalue weighted by molar-refractivity contribution is 7.85. The lowest BCUT2D eigenvalue weighted by atomic mass is 10.1. The van der Waals surface area contributed by atoms with Crippen LogP contribution in [0.2, 0.25) is 0 Å². The van der Waals surface area contributed by atoms with E-state index < -0.39 is 10.8 Å². The molecule has 4 heteroatoms. The molecule has 0 N–H and O–H groups in total. The fourth-order valence-corrected chi connectivity index (χ4v) is 3.73. The van der Waals surface area contributed by atoms with Crippen molar-refractivity contribution < 1.29 is 13.7 Å². The van der Waals surface area contributed by atoms with Gasteiger partial charge in [-0.3, -0.25) is 4.21 Å². The Morgan fingerprint density at radius 3 is 2.55 bits per heavy atom. The van der Waals surface area contributed by atoms with Crippen LogP contribution in [-0.4, -0.2) is 29.5 Å². The second-order valence-corrected chi connectivity index (χ2v) is 6.53. The van der Waals surface area contributed by atoms with E-state index in [0.717, 1.165) is 11.3 Å². The van der Waals surface area contributed by atoms with Crippen molar-refractivity contribution in [3.05, 3.63) is 29.3 Å². The Kier molecular flexibility index (Phi) is 6.20. The van der Waals surface area contributed by atoms with E-state index in [0.29, 0.717) is 25.4 Å². The summed E-state index contributed by atoms with van der Waals surface area (Å²) in [5, 5.41) is 0. The van der Waals surface area contributed by atoms with Crippen LogP contribution in [0.15, 0.2) is 23.1 Å². The minimum absolute atomic E-state index is 0.233. The van der Waals surface area contributed by atoms with Gasteiger partial charge in [-0.2, -0.15) is 0 Å². The molecular weight excluding hydrogens is 272 g/mol. The summed E-state index contributed by atoms with van der Waals surface area (Å²) in [6.07, 6.45) is 3.95. The molecule has 0 aliphatic heterocycles. The quantitative estimate of drug-likeness (QED) is 0.692. The molecule has 0 bridgehead atoms. The first kappa shape index (κ1) is 15.7. The van der Waals surface area contributed by atoms with Crippen LogP contribution in [0.25, 0.3) is 0 Å². The molecule has 1 aliphatic carbocycles. The molecule has 1 aromatic carbocycles. The summed E-state index contributed by atoms with van der Waals surface area (Å²) in [4.78, 5) is 0.942. The van der Waals surface area contributed by atoms with Gasteiger partial charge in [0, 0.05) is 30.3 Å². The predicted molar refractivity (Wildman–Crippen MR) is 81.4 cm³/mol. The lowest BCUT2D eigenvalue weighted by molar-refractivity contribution is -0.136. The van der Waals surface area contributed by atoms with E-state index in [1.807, 2.05) is 19.9 Å². The summed E-state index contributed by atoms with van der Waals surface area (Å²) in [6, 6.07) is 6.27. The average molecular weight is 296 g/mol. The molecule has 1 aliphatic rings. The van der Waals surface area contributed by atoms with Crippen molar-refractivity contribution in [1.82, 2.24) is 0 Å². The summed E-state index contributed by atoms with van der Waals surface area (Å²) in [7, 11) is -0.964. The van der Waals surface area contributed by atoms with Crippen LogP contribution in [0.5, 0.6) is 0 Å². The first-order chi connectivity index (χ1) is 9.74. The van der Waals surface area contributed by atoms with Crippen molar-refractivity contribution in [2.24, 2.45) is 0 Å². The SMILES string of the molecule is CCOC(CCS(=O)c1ccc2c(c1)CCC2)OCC. The first-order valence-electron chi connectivity index (χ1n) is 7.48. The Labute approximate surface area is 124 Å². The van der Waals surface area contributed by atoms with Gasteiger partial charge in [0.15, 0.2) is 6.29 Å². The van der Waals surface area contributed by atoms with Gasteiger partial charge >= 0.3 is 0 Å². The molecule has 1 atom stereocenters. The summed E-state index contributed by atoms with van der Waals surface area (Å²) >= 11 is 0. The van der Waals surface area contributed by atoms with E-state index >= 15 is 0 Å². The normalized spacial score (nSPS) is 15.6. The fraction of sp³-hybridized carbons (Fsp3) is 0.625. The molecule has 0 radical (unpaired) electrons. The van der Waals surface area contributed by atoms with Gasteiger partial charge in [0.05, 0.1) is 10.8 Å². The van der Waals surface area contributed by atoms with Crippen LogP contribution in [0.4, 0.5) is 0 Å². The van der Waals surface area contributed by atoms with Gasteiger partial charge in [0.1, 0.15) is 0 Å². The zero-order valence-corrected chi connectivity index (χ0v) is 13.2. The monoisotopic (exact) mass is 296 g/mol. The summed E-state index contributed by atoms with van der Waals surface area (Å²) in [5.41, 5.74) is 2.80. The molecule has 1 unspecified atom stereocenters. The Bertz CT molecular complexity index is 453. The molecule has 0 fully saturated rings. The summed E-state index contributed by atoms with van der Waals surface area (Å²) < 4.78 is 23.3. The average Bonchev–Trinajstić information content (AvgIpc) is 2.92. The Morgan fingerprint density at radius 1 is 1.15 bits per heavy atom. The molecule has 0 saturated carbocycles. The number of hydrogen-bond donors (Lipinski definition) is 0. The molecule has 0 saturated heterocycles. The van der Waals surface area contributed by atoms with Gasteiger partial charge in [0.2, 0.25) is 0 Å². The van der Waals surface area contributed by atoms with Crippen molar-refractivity contribution in [2.75, 3.05) is 19.0 Å². The molecule has 0 amide bonds.